The molecule has 0 atom stereocenters. The molecule has 1 N–H and O–H groups in total. The second-order valence-corrected chi connectivity index (χ2v) is 6.43. The molecule has 1 aromatic heterocycles. The van der Waals surface area contributed by atoms with Crippen LogP contribution in [0.2, 0.25) is 0 Å². The molecule has 6 heteroatoms. The lowest BCUT2D eigenvalue weighted by atomic mass is 10.2. The third kappa shape index (κ3) is 3.62. The molecule has 1 aliphatic carbocycles. The average molecular weight is 319 g/mol. The normalized spacial score (nSPS) is 13.9. The molecule has 1 fully saturated rings. The van der Waals surface area contributed by atoms with E-state index in [9.17, 15) is 9.18 Å². The maximum absolute atomic E-state index is 13.8. The fourth-order valence-corrected chi connectivity index (χ4v) is 3.01. The van der Waals surface area contributed by atoms with E-state index < -0.39 is 0 Å². The van der Waals surface area contributed by atoms with Gasteiger partial charge in [0.1, 0.15) is 10.8 Å². The Morgan fingerprint density at radius 2 is 2.23 bits per heavy atom. The number of halogens is 1. The van der Waals surface area contributed by atoms with Gasteiger partial charge in [0, 0.05) is 22.7 Å². The first-order chi connectivity index (χ1) is 10.6. The van der Waals surface area contributed by atoms with Crippen molar-refractivity contribution in [3.8, 4) is 0 Å². The average Bonchev–Trinajstić information content (AvgIpc) is 3.26. The van der Waals surface area contributed by atoms with Gasteiger partial charge in [-0.1, -0.05) is 18.2 Å². The van der Waals surface area contributed by atoms with Gasteiger partial charge in [0.05, 0.1) is 13.1 Å². The topological polar surface area (TPSA) is 45.2 Å². The smallest absolute Gasteiger partial charge is 0.318 e. The molecular formula is C16H18FN3OS. The van der Waals surface area contributed by atoms with E-state index in [1.54, 1.807) is 23.1 Å². The molecule has 2 amide bonds. The number of aryl methyl sites for hydroxylation is 1. The molecule has 1 aromatic carbocycles. The summed E-state index contributed by atoms with van der Waals surface area (Å²) >= 11 is 1.53. The fourth-order valence-electron chi connectivity index (χ4n) is 2.30. The van der Waals surface area contributed by atoms with E-state index in [4.69, 9.17) is 0 Å². The molecule has 1 heterocycles. The number of hydrogen-bond donors (Lipinski definition) is 1. The molecule has 3 rings (SSSR count). The Balaban J connectivity index is 1.63. The lowest BCUT2D eigenvalue weighted by Crippen LogP contribution is -2.40. The van der Waals surface area contributed by atoms with Gasteiger partial charge >= 0.3 is 6.03 Å². The van der Waals surface area contributed by atoms with Crippen molar-refractivity contribution in [2.24, 2.45) is 0 Å². The Morgan fingerprint density at radius 1 is 1.45 bits per heavy atom. The van der Waals surface area contributed by atoms with E-state index in [2.05, 4.69) is 10.3 Å². The molecule has 22 heavy (non-hydrogen) atoms. The maximum Gasteiger partial charge on any atom is 0.318 e. The van der Waals surface area contributed by atoms with E-state index in [0.29, 0.717) is 18.7 Å². The molecule has 0 aliphatic heterocycles. The zero-order chi connectivity index (χ0) is 15.5. The van der Waals surface area contributed by atoms with Gasteiger partial charge in [0.15, 0.2) is 0 Å². The number of benzene rings is 1. The summed E-state index contributed by atoms with van der Waals surface area (Å²) in [6.45, 7) is 2.65. The molecule has 0 bridgehead atoms. The number of amides is 2. The Bertz CT molecular complexity index is 669. The summed E-state index contributed by atoms with van der Waals surface area (Å²) in [4.78, 5) is 18.4. The predicted octanol–water partition coefficient (Wildman–Crippen LogP) is 3.46. The summed E-state index contributed by atoms with van der Waals surface area (Å²) in [5, 5.41) is 5.73. The quantitative estimate of drug-likeness (QED) is 0.917. The van der Waals surface area contributed by atoms with Crippen molar-refractivity contribution >= 4 is 17.4 Å². The van der Waals surface area contributed by atoms with E-state index in [0.717, 1.165) is 23.5 Å². The zero-order valence-electron chi connectivity index (χ0n) is 12.4. The van der Waals surface area contributed by atoms with Gasteiger partial charge in [-0.3, -0.25) is 0 Å². The number of carbonyl (C=O) groups excluding carboxylic acids is 1. The number of thiazole rings is 1. The second-order valence-electron chi connectivity index (χ2n) is 5.49. The first kappa shape index (κ1) is 15.0. The summed E-state index contributed by atoms with van der Waals surface area (Å²) in [5.41, 5.74) is 1.51. The van der Waals surface area contributed by atoms with Crippen molar-refractivity contribution in [3.63, 3.8) is 0 Å². The van der Waals surface area contributed by atoms with Crippen LogP contribution in [0.3, 0.4) is 0 Å². The minimum atomic E-state index is -0.267. The van der Waals surface area contributed by atoms with Crippen molar-refractivity contribution in [2.45, 2.75) is 38.9 Å². The Morgan fingerprint density at radius 3 is 2.86 bits per heavy atom. The Labute approximate surface area is 133 Å². The summed E-state index contributed by atoms with van der Waals surface area (Å²) in [6, 6.07) is 6.67. The molecular weight excluding hydrogens is 301 g/mol. The SMILES string of the molecule is Cc1csc(CNC(=O)N(Cc2ccccc2F)C2CC2)n1. The number of urea groups is 1. The summed E-state index contributed by atoms with van der Waals surface area (Å²) in [5.74, 6) is -0.267. The lowest BCUT2D eigenvalue weighted by Gasteiger charge is -2.23. The zero-order valence-corrected chi connectivity index (χ0v) is 13.2. The number of hydrogen-bond acceptors (Lipinski definition) is 3. The predicted molar refractivity (Wildman–Crippen MR) is 84.1 cm³/mol. The summed E-state index contributed by atoms with van der Waals surface area (Å²) < 4.78 is 13.8. The van der Waals surface area contributed by atoms with Gasteiger partial charge in [-0.15, -0.1) is 11.3 Å². The maximum atomic E-state index is 13.8. The highest BCUT2D eigenvalue weighted by atomic mass is 32.1. The molecule has 1 saturated carbocycles. The van der Waals surface area contributed by atoms with Gasteiger partial charge in [0.25, 0.3) is 0 Å². The number of nitrogens with zero attached hydrogens (tertiary/aromatic N) is 2. The molecule has 0 spiro atoms. The standard InChI is InChI=1S/C16H18FN3OS/c1-11-10-22-15(19-11)8-18-16(21)20(13-6-7-13)9-12-4-2-3-5-14(12)17/h2-5,10,13H,6-9H2,1H3,(H,18,21). The Kier molecular flexibility index (Phi) is 4.38. The minimum absolute atomic E-state index is 0.154. The van der Waals surface area contributed by atoms with E-state index in [1.165, 1.54) is 17.4 Å². The van der Waals surface area contributed by atoms with Crippen molar-refractivity contribution in [1.82, 2.24) is 15.2 Å². The number of carbonyl (C=O) groups is 1. The highest BCUT2D eigenvalue weighted by Crippen LogP contribution is 2.28. The third-order valence-electron chi connectivity index (χ3n) is 3.60. The summed E-state index contributed by atoms with van der Waals surface area (Å²) in [6.07, 6.45) is 1.97. The van der Waals surface area contributed by atoms with Crippen LogP contribution in [0.4, 0.5) is 9.18 Å². The number of aromatic nitrogens is 1. The first-order valence-electron chi connectivity index (χ1n) is 7.32. The van der Waals surface area contributed by atoms with Gasteiger partial charge in [0.2, 0.25) is 0 Å². The lowest BCUT2D eigenvalue weighted by molar-refractivity contribution is 0.191. The van der Waals surface area contributed by atoms with Crippen LogP contribution in [-0.4, -0.2) is 22.0 Å². The van der Waals surface area contributed by atoms with Crippen LogP contribution in [0.15, 0.2) is 29.6 Å². The fraction of sp³-hybridized carbons (Fsp3) is 0.375. The van der Waals surface area contributed by atoms with Crippen LogP contribution >= 0.6 is 11.3 Å². The molecule has 0 radical (unpaired) electrons. The molecule has 0 unspecified atom stereocenters. The van der Waals surface area contributed by atoms with Gasteiger partial charge in [-0.05, 0) is 25.8 Å². The second kappa shape index (κ2) is 6.44. The molecule has 4 nitrogen and oxygen atoms in total. The molecule has 1 aliphatic rings. The van der Waals surface area contributed by atoms with Crippen molar-refractivity contribution in [1.29, 1.82) is 0 Å². The minimum Gasteiger partial charge on any atom is -0.331 e. The van der Waals surface area contributed by atoms with Crippen molar-refractivity contribution in [3.05, 3.63) is 51.7 Å². The summed E-state index contributed by atoms with van der Waals surface area (Å²) in [7, 11) is 0. The van der Waals surface area contributed by atoms with E-state index >= 15 is 0 Å². The van der Waals surface area contributed by atoms with Crippen LogP contribution in [0, 0.1) is 12.7 Å². The van der Waals surface area contributed by atoms with Crippen LogP contribution in [-0.2, 0) is 13.1 Å². The van der Waals surface area contributed by atoms with Crippen LogP contribution in [0.5, 0.6) is 0 Å². The van der Waals surface area contributed by atoms with Gasteiger partial charge < -0.3 is 10.2 Å². The van der Waals surface area contributed by atoms with Gasteiger partial charge in [-0.2, -0.15) is 0 Å². The molecule has 116 valence electrons. The highest BCUT2D eigenvalue weighted by Gasteiger charge is 2.33. The van der Waals surface area contributed by atoms with Crippen molar-refractivity contribution in [2.75, 3.05) is 0 Å². The van der Waals surface area contributed by atoms with Crippen LogP contribution in [0.1, 0.15) is 29.1 Å². The molecule has 0 saturated heterocycles. The van der Waals surface area contributed by atoms with E-state index in [1.807, 2.05) is 12.3 Å². The van der Waals surface area contributed by atoms with Crippen LogP contribution < -0.4 is 5.32 Å². The Hall–Kier alpha value is -1.95. The monoisotopic (exact) mass is 319 g/mol. The largest absolute Gasteiger partial charge is 0.331 e. The van der Waals surface area contributed by atoms with Crippen molar-refractivity contribution < 1.29 is 9.18 Å². The van der Waals surface area contributed by atoms with E-state index in [-0.39, 0.29) is 17.9 Å². The highest BCUT2D eigenvalue weighted by molar-refractivity contribution is 7.09. The number of nitrogens with one attached hydrogen (secondary N) is 1. The first-order valence-corrected chi connectivity index (χ1v) is 8.20. The molecule has 2 aromatic rings. The van der Waals surface area contributed by atoms with Crippen LogP contribution in [0.25, 0.3) is 0 Å². The number of rotatable bonds is 5. The third-order valence-corrected chi connectivity index (χ3v) is 4.57. The van der Waals surface area contributed by atoms with Gasteiger partial charge in [-0.25, -0.2) is 14.2 Å².